The second-order valence-corrected chi connectivity index (χ2v) is 5.39. The van der Waals surface area contributed by atoms with Crippen LogP contribution >= 0.6 is 27.7 Å². The molecular formula is C11H13BrO3S. The summed E-state index contributed by atoms with van der Waals surface area (Å²) in [5, 5.41) is 19.5. The molecule has 0 aliphatic carbocycles. The molecule has 0 aliphatic heterocycles. The van der Waals surface area contributed by atoms with E-state index in [1.807, 2.05) is 6.07 Å². The molecule has 1 aromatic rings. The Balaban J connectivity index is 2.66. The monoisotopic (exact) mass is 304 g/mol. The number of thioether (sulfide) groups is 1. The first-order valence-electron chi connectivity index (χ1n) is 4.76. The SMILES string of the molecule is CC(=O)SCC(O)C(O)c1ccccc1Br. The van der Waals surface area contributed by atoms with Crippen molar-refractivity contribution in [3.05, 3.63) is 34.3 Å². The van der Waals surface area contributed by atoms with Gasteiger partial charge in [-0.2, -0.15) is 0 Å². The van der Waals surface area contributed by atoms with Gasteiger partial charge in [0.15, 0.2) is 5.12 Å². The standard InChI is InChI=1S/C11H13BrO3S/c1-7(13)16-6-10(14)11(15)8-4-2-3-5-9(8)12/h2-5,10-11,14-15H,6H2,1H3. The van der Waals surface area contributed by atoms with Gasteiger partial charge >= 0.3 is 0 Å². The molecule has 2 unspecified atom stereocenters. The molecule has 1 rings (SSSR count). The van der Waals surface area contributed by atoms with Gasteiger partial charge in [-0.05, 0) is 11.6 Å². The molecule has 0 bridgehead atoms. The largest absolute Gasteiger partial charge is 0.389 e. The maximum absolute atomic E-state index is 10.7. The predicted octanol–water partition coefficient (Wildman–Crippen LogP) is 2.12. The zero-order valence-electron chi connectivity index (χ0n) is 8.76. The lowest BCUT2D eigenvalue weighted by Crippen LogP contribution is -2.21. The van der Waals surface area contributed by atoms with Gasteiger partial charge in [0.2, 0.25) is 0 Å². The van der Waals surface area contributed by atoms with E-state index in [0.29, 0.717) is 5.56 Å². The van der Waals surface area contributed by atoms with Crippen molar-refractivity contribution in [2.24, 2.45) is 0 Å². The number of hydrogen-bond donors (Lipinski definition) is 2. The summed E-state index contributed by atoms with van der Waals surface area (Å²) in [7, 11) is 0. The molecule has 2 atom stereocenters. The lowest BCUT2D eigenvalue weighted by Gasteiger charge is -2.18. The quantitative estimate of drug-likeness (QED) is 0.894. The topological polar surface area (TPSA) is 57.5 Å². The van der Waals surface area contributed by atoms with Crippen LogP contribution in [0.3, 0.4) is 0 Å². The van der Waals surface area contributed by atoms with Crippen molar-refractivity contribution in [3.63, 3.8) is 0 Å². The van der Waals surface area contributed by atoms with Crippen molar-refractivity contribution in [3.8, 4) is 0 Å². The molecule has 0 radical (unpaired) electrons. The summed E-state index contributed by atoms with van der Waals surface area (Å²) in [6.45, 7) is 1.43. The summed E-state index contributed by atoms with van der Waals surface area (Å²) in [4.78, 5) is 10.7. The number of aliphatic hydroxyl groups is 2. The Labute approximate surface area is 107 Å². The molecule has 2 N–H and O–H groups in total. The van der Waals surface area contributed by atoms with Gasteiger partial charge < -0.3 is 10.2 Å². The van der Waals surface area contributed by atoms with Gasteiger partial charge in [0.1, 0.15) is 6.10 Å². The molecule has 5 heteroatoms. The minimum absolute atomic E-state index is 0.0709. The van der Waals surface area contributed by atoms with Gasteiger partial charge in [-0.3, -0.25) is 4.79 Å². The van der Waals surface area contributed by atoms with Crippen LogP contribution in [0.1, 0.15) is 18.6 Å². The number of carbonyl (C=O) groups is 1. The van der Waals surface area contributed by atoms with Crippen LogP contribution in [0, 0.1) is 0 Å². The maximum Gasteiger partial charge on any atom is 0.185 e. The second kappa shape index (κ2) is 6.39. The molecule has 0 heterocycles. The molecule has 16 heavy (non-hydrogen) atoms. The Morgan fingerprint density at radius 3 is 2.62 bits per heavy atom. The van der Waals surface area contributed by atoms with E-state index in [-0.39, 0.29) is 10.9 Å². The zero-order chi connectivity index (χ0) is 12.1. The normalized spacial score (nSPS) is 14.5. The van der Waals surface area contributed by atoms with Gasteiger partial charge in [-0.15, -0.1) is 0 Å². The second-order valence-electron chi connectivity index (χ2n) is 3.34. The molecule has 88 valence electrons. The van der Waals surface area contributed by atoms with E-state index in [9.17, 15) is 15.0 Å². The summed E-state index contributed by atoms with van der Waals surface area (Å²) in [5.41, 5.74) is 0.624. The summed E-state index contributed by atoms with van der Waals surface area (Å²) >= 11 is 4.30. The van der Waals surface area contributed by atoms with Crippen molar-refractivity contribution in [2.45, 2.75) is 19.1 Å². The molecule has 0 fully saturated rings. The van der Waals surface area contributed by atoms with Gasteiger partial charge in [-0.25, -0.2) is 0 Å². The van der Waals surface area contributed by atoms with Crippen LogP contribution in [-0.2, 0) is 4.79 Å². The molecule has 0 aromatic heterocycles. The highest BCUT2D eigenvalue weighted by Gasteiger charge is 2.20. The Morgan fingerprint density at radius 1 is 1.44 bits per heavy atom. The minimum atomic E-state index is -0.984. The lowest BCUT2D eigenvalue weighted by molar-refractivity contribution is -0.109. The zero-order valence-corrected chi connectivity index (χ0v) is 11.2. The Hall–Kier alpha value is -0.360. The highest BCUT2D eigenvalue weighted by atomic mass is 79.9. The third-order valence-corrected chi connectivity index (χ3v) is 3.68. The summed E-state index contributed by atoms with van der Waals surface area (Å²) in [6.07, 6.45) is -1.94. The molecule has 0 spiro atoms. The fourth-order valence-corrected chi connectivity index (χ4v) is 2.32. The number of carbonyl (C=O) groups excluding carboxylic acids is 1. The number of hydrogen-bond acceptors (Lipinski definition) is 4. The average Bonchev–Trinajstić information content (AvgIpc) is 2.25. The van der Waals surface area contributed by atoms with Crippen molar-refractivity contribution < 1.29 is 15.0 Å². The third-order valence-electron chi connectivity index (χ3n) is 2.05. The third kappa shape index (κ3) is 3.90. The summed E-state index contributed by atoms with van der Waals surface area (Å²) in [6, 6.07) is 7.14. The van der Waals surface area contributed by atoms with E-state index in [0.717, 1.165) is 16.2 Å². The highest BCUT2D eigenvalue weighted by molar-refractivity contribution is 9.10. The van der Waals surface area contributed by atoms with Crippen LogP contribution < -0.4 is 0 Å². The number of rotatable bonds is 4. The van der Waals surface area contributed by atoms with E-state index < -0.39 is 12.2 Å². The van der Waals surface area contributed by atoms with E-state index in [4.69, 9.17) is 0 Å². The van der Waals surface area contributed by atoms with Crippen LogP contribution in [0.15, 0.2) is 28.7 Å². The molecular weight excluding hydrogens is 292 g/mol. The molecule has 3 nitrogen and oxygen atoms in total. The molecule has 0 saturated heterocycles. The first-order valence-corrected chi connectivity index (χ1v) is 6.54. The molecule has 0 saturated carbocycles. The van der Waals surface area contributed by atoms with E-state index in [2.05, 4.69) is 15.9 Å². The summed E-state index contributed by atoms with van der Waals surface area (Å²) < 4.78 is 0.745. The van der Waals surface area contributed by atoms with Crippen LogP contribution in [0.4, 0.5) is 0 Å². The number of halogens is 1. The van der Waals surface area contributed by atoms with Gasteiger partial charge in [-0.1, -0.05) is 45.9 Å². The van der Waals surface area contributed by atoms with E-state index in [1.165, 1.54) is 6.92 Å². The van der Waals surface area contributed by atoms with Crippen LogP contribution in [0.5, 0.6) is 0 Å². The predicted molar refractivity (Wildman–Crippen MR) is 68.2 cm³/mol. The van der Waals surface area contributed by atoms with Crippen LogP contribution in [0.2, 0.25) is 0 Å². The Morgan fingerprint density at radius 2 is 2.06 bits per heavy atom. The fraction of sp³-hybridized carbons (Fsp3) is 0.364. The van der Waals surface area contributed by atoms with Gasteiger partial charge in [0, 0.05) is 17.1 Å². The molecule has 0 aliphatic rings. The number of aliphatic hydroxyl groups excluding tert-OH is 2. The van der Waals surface area contributed by atoms with Crippen molar-refractivity contribution in [1.29, 1.82) is 0 Å². The van der Waals surface area contributed by atoms with E-state index >= 15 is 0 Å². The Bertz CT molecular complexity index is 370. The molecule has 1 aromatic carbocycles. The highest BCUT2D eigenvalue weighted by Crippen LogP contribution is 2.26. The maximum atomic E-state index is 10.7. The lowest BCUT2D eigenvalue weighted by atomic mass is 10.1. The van der Waals surface area contributed by atoms with Gasteiger partial charge in [0.25, 0.3) is 0 Å². The first kappa shape index (κ1) is 13.7. The fourth-order valence-electron chi connectivity index (χ4n) is 1.22. The Kier molecular flexibility index (Phi) is 5.48. The van der Waals surface area contributed by atoms with Crippen molar-refractivity contribution in [2.75, 3.05) is 5.75 Å². The molecule has 0 amide bonds. The first-order chi connectivity index (χ1) is 7.52. The average molecular weight is 305 g/mol. The van der Waals surface area contributed by atoms with E-state index in [1.54, 1.807) is 18.2 Å². The van der Waals surface area contributed by atoms with Crippen LogP contribution in [-0.4, -0.2) is 27.2 Å². The smallest absolute Gasteiger partial charge is 0.185 e. The number of benzene rings is 1. The minimum Gasteiger partial charge on any atom is -0.389 e. The van der Waals surface area contributed by atoms with Gasteiger partial charge in [0.05, 0.1) is 6.10 Å². The van der Waals surface area contributed by atoms with Crippen molar-refractivity contribution in [1.82, 2.24) is 0 Å². The van der Waals surface area contributed by atoms with Crippen LogP contribution in [0.25, 0.3) is 0 Å². The van der Waals surface area contributed by atoms with Crippen molar-refractivity contribution >= 4 is 32.8 Å². The summed E-state index contributed by atoms with van der Waals surface area (Å²) in [5.74, 6) is 0.192.